The van der Waals surface area contributed by atoms with Gasteiger partial charge in [0.15, 0.2) is 0 Å². The molecule has 0 aromatic carbocycles. The van der Waals surface area contributed by atoms with Gasteiger partial charge in [0.2, 0.25) is 0 Å². The summed E-state index contributed by atoms with van der Waals surface area (Å²) in [5, 5.41) is 0. The molecule has 0 aliphatic heterocycles. The minimum Gasteiger partial charge on any atom is -0.469 e. The van der Waals surface area contributed by atoms with Gasteiger partial charge in [-0.1, -0.05) is 0 Å². The van der Waals surface area contributed by atoms with Crippen molar-refractivity contribution in [3.63, 3.8) is 0 Å². The maximum atomic E-state index is 12.1. The molecule has 1 saturated carbocycles. The maximum Gasteiger partial charge on any atom is 0.534 e. The fourth-order valence-electron chi connectivity index (χ4n) is 2.42. The van der Waals surface area contributed by atoms with E-state index in [2.05, 4.69) is 8.92 Å². The van der Waals surface area contributed by atoms with E-state index in [1.165, 1.54) is 13.2 Å². The van der Waals surface area contributed by atoms with Gasteiger partial charge in [0.1, 0.15) is 5.76 Å². The summed E-state index contributed by atoms with van der Waals surface area (Å²) in [4.78, 5) is 11.1. The molecular formula is C10H11F3O5S. The lowest BCUT2D eigenvalue weighted by Crippen LogP contribution is -2.45. The number of halogens is 3. The predicted octanol–water partition coefficient (Wildman–Crippen LogP) is 1.71. The largest absolute Gasteiger partial charge is 0.534 e. The zero-order valence-corrected chi connectivity index (χ0v) is 10.7. The van der Waals surface area contributed by atoms with Crippen LogP contribution in [0.5, 0.6) is 0 Å². The van der Waals surface area contributed by atoms with Crippen molar-refractivity contribution in [2.75, 3.05) is 7.11 Å². The first kappa shape index (κ1) is 14.2. The van der Waals surface area contributed by atoms with Crippen molar-refractivity contribution in [1.82, 2.24) is 0 Å². The average molecular weight is 300 g/mol. The minimum atomic E-state index is -5.59. The topological polar surface area (TPSA) is 69.7 Å². The average Bonchev–Trinajstić information content (AvgIpc) is 2.16. The quantitative estimate of drug-likeness (QED) is 0.451. The van der Waals surface area contributed by atoms with E-state index in [4.69, 9.17) is 0 Å². The van der Waals surface area contributed by atoms with Crippen molar-refractivity contribution in [3.05, 3.63) is 11.8 Å². The number of rotatable bonds is 3. The Kier molecular flexibility index (Phi) is 3.07. The molecule has 2 aliphatic carbocycles. The van der Waals surface area contributed by atoms with Crippen LogP contribution >= 0.6 is 0 Å². The van der Waals surface area contributed by atoms with Gasteiger partial charge < -0.3 is 8.92 Å². The van der Waals surface area contributed by atoms with Gasteiger partial charge in [-0.25, -0.2) is 0 Å². The Labute approximate surface area is 107 Å². The second-order valence-electron chi connectivity index (χ2n) is 4.76. The van der Waals surface area contributed by atoms with Crippen LogP contribution in [0.1, 0.15) is 19.3 Å². The third kappa shape index (κ3) is 2.43. The van der Waals surface area contributed by atoms with Gasteiger partial charge in [0, 0.05) is 11.8 Å². The third-order valence-corrected chi connectivity index (χ3v) is 4.33. The summed E-state index contributed by atoms with van der Waals surface area (Å²) in [7, 11) is -4.33. The van der Waals surface area contributed by atoms with Crippen molar-refractivity contribution < 1.29 is 35.3 Å². The number of carbonyl (C=O) groups is 1. The first-order valence-corrected chi connectivity index (χ1v) is 6.80. The van der Waals surface area contributed by atoms with Crippen LogP contribution in [0, 0.1) is 11.3 Å². The van der Waals surface area contributed by atoms with Crippen molar-refractivity contribution in [1.29, 1.82) is 0 Å². The standard InChI is InChI=1S/C10H11F3O5S/c1-17-8(14)6-2-9(3-6)4-7(5-9)18-19(15,16)10(11,12)13/h4,6H,2-3,5H2,1H3. The maximum absolute atomic E-state index is 12.1. The molecule has 0 saturated heterocycles. The Bertz CT molecular complexity index is 528. The zero-order valence-electron chi connectivity index (χ0n) is 9.86. The number of hydrogen-bond donors (Lipinski definition) is 0. The van der Waals surface area contributed by atoms with Gasteiger partial charge in [-0.2, -0.15) is 21.6 Å². The summed E-state index contributed by atoms with van der Waals surface area (Å²) in [5.41, 5.74) is -5.83. The zero-order chi connectivity index (χ0) is 14.5. The molecule has 0 unspecified atom stereocenters. The first-order chi connectivity index (χ1) is 8.59. The fourth-order valence-corrected chi connectivity index (χ4v) is 2.90. The molecule has 1 spiro atoms. The van der Waals surface area contributed by atoms with Crippen LogP contribution in [-0.4, -0.2) is 27.0 Å². The lowest BCUT2D eigenvalue weighted by Gasteiger charge is -2.49. The molecule has 0 amide bonds. The summed E-state index contributed by atoms with van der Waals surface area (Å²) in [6, 6.07) is 0. The molecule has 0 aromatic heterocycles. The Hall–Kier alpha value is -1.25. The van der Waals surface area contributed by atoms with Crippen LogP contribution in [-0.2, 0) is 23.8 Å². The Morgan fingerprint density at radius 1 is 1.42 bits per heavy atom. The monoisotopic (exact) mass is 300 g/mol. The van der Waals surface area contributed by atoms with Crippen LogP contribution in [0.25, 0.3) is 0 Å². The van der Waals surface area contributed by atoms with Crippen LogP contribution in [0.15, 0.2) is 11.8 Å². The molecule has 9 heteroatoms. The molecule has 19 heavy (non-hydrogen) atoms. The van der Waals surface area contributed by atoms with Gasteiger partial charge in [0.25, 0.3) is 0 Å². The van der Waals surface area contributed by atoms with E-state index in [0.29, 0.717) is 12.8 Å². The molecule has 0 radical (unpaired) electrons. The first-order valence-electron chi connectivity index (χ1n) is 5.39. The summed E-state index contributed by atoms with van der Waals surface area (Å²) in [5.74, 6) is -0.862. The Balaban J connectivity index is 1.93. The Morgan fingerprint density at radius 3 is 2.37 bits per heavy atom. The molecule has 1 fully saturated rings. The minimum absolute atomic E-state index is 0.0931. The van der Waals surface area contributed by atoms with Crippen molar-refractivity contribution in [2.24, 2.45) is 11.3 Å². The van der Waals surface area contributed by atoms with E-state index in [1.807, 2.05) is 0 Å². The van der Waals surface area contributed by atoms with Crippen molar-refractivity contribution in [3.8, 4) is 0 Å². The molecule has 0 aromatic rings. The number of ether oxygens (including phenoxy) is 1. The number of allylic oxidation sites excluding steroid dienone is 2. The molecule has 2 aliphatic rings. The molecule has 0 N–H and O–H groups in total. The summed E-state index contributed by atoms with van der Waals surface area (Å²) < 4.78 is 66.1. The summed E-state index contributed by atoms with van der Waals surface area (Å²) in [6.07, 6.45) is 2.32. The molecule has 5 nitrogen and oxygen atoms in total. The SMILES string of the molecule is COC(=O)C1CC2(C=C(OS(=O)(=O)C(F)(F)F)C2)C1. The molecule has 0 atom stereocenters. The van der Waals surface area contributed by atoms with E-state index in [9.17, 15) is 26.4 Å². The molecular weight excluding hydrogens is 289 g/mol. The summed E-state index contributed by atoms with van der Waals surface area (Å²) in [6.45, 7) is 0. The van der Waals surface area contributed by atoms with E-state index >= 15 is 0 Å². The number of alkyl halides is 3. The number of hydrogen-bond acceptors (Lipinski definition) is 5. The number of methoxy groups -OCH3 is 1. The second-order valence-corrected chi connectivity index (χ2v) is 6.30. The lowest BCUT2D eigenvalue weighted by molar-refractivity contribution is -0.153. The fraction of sp³-hybridized carbons (Fsp3) is 0.700. The van der Waals surface area contributed by atoms with Crippen LogP contribution in [0.3, 0.4) is 0 Å². The normalized spacial score (nSPS) is 30.1. The van der Waals surface area contributed by atoms with Crippen molar-refractivity contribution in [2.45, 2.75) is 24.8 Å². The number of carbonyl (C=O) groups excluding carboxylic acids is 1. The Morgan fingerprint density at radius 2 is 1.95 bits per heavy atom. The molecule has 108 valence electrons. The van der Waals surface area contributed by atoms with Crippen LogP contribution in [0.2, 0.25) is 0 Å². The van der Waals surface area contributed by atoms with E-state index < -0.39 is 21.0 Å². The second kappa shape index (κ2) is 4.12. The molecule has 0 bridgehead atoms. The van der Waals surface area contributed by atoms with E-state index in [-0.39, 0.29) is 24.1 Å². The highest BCUT2D eigenvalue weighted by molar-refractivity contribution is 7.87. The highest BCUT2D eigenvalue weighted by Gasteiger charge is 2.55. The van der Waals surface area contributed by atoms with E-state index in [0.717, 1.165) is 0 Å². The van der Waals surface area contributed by atoms with Gasteiger partial charge >= 0.3 is 21.6 Å². The molecule has 0 heterocycles. The van der Waals surface area contributed by atoms with E-state index in [1.54, 1.807) is 0 Å². The van der Waals surface area contributed by atoms with Crippen LogP contribution in [0.4, 0.5) is 13.2 Å². The predicted molar refractivity (Wildman–Crippen MR) is 55.9 cm³/mol. The highest BCUT2D eigenvalue weighted by Crippen LogP contribution is 2.57. The summed E-state index contributed by atoms with van der Waals surface area (Å²) >= 11 is 0. The highest BCUT2D eigenvalue weighted by atomic mass is 32.2. The number of esters is 1. The molecule has 2 rings (SSSR count). The third-order valence-electron chi connectivity index (χ3n) is 3.33. The lowest BCUT2D eigenvalue weighted by atomic mass is 9.55. The van der Waals surface area contributed by atoms with Gasteiger partial charge in [-0.05, 0) is 18.9 Å². The van der Waals surface area contributed by atoms with Gasteiger partial charge in [0.05, 0.1) is 13.0 Å². The van der Waals surface area contributed by atoms with Crippen LogP contribution < -0.4 is 0 Å². The van der Waals surface area contributed by atoms with Gasteiger partial charge in [-0.15, -0.1) is 0 Å². The smallest absolute Gasteiger partial charge is 0.469 e. The van der Waals surface area contributed by atoms with Crippen molar-refractivity contribution >= 4 is 16.1 Å². The van der Waals surface area contributed by atoms with Gasteiger partial charge in [-0.3, -0.25) is 4.79 Å².